The van der Waals surface area contributed by atoms with Crippen LogP contribution in [0.2, 0.25) is 0 Å². The minimum Gasteiger partial charge on any atom is -0.456 e. The largest absolute Gasteiger partial charge is 0.456 e. The standard InChI is InChI=1S/C25H20N4O3/c1-16-6-8-20(24(29-30)27-15-17-10-12-26-13-11-17)25(28-16)31-18-7-9-23-21(14-18)19-4-2-3-5-22(19)32-23/h2-14,30H,15H2,1H3,(H,27,29). The van der Waals surface area contributed by atoms with E-state index in [0.717, 1.165) is 33.2 Å². The number of hydroxylamine groups is 1. The second-order valence-electron chi connectivity index (χ2n) is 7.30. The van der Waals surface area contributed by atoms with E-state index in [1.165, 1.54) is 0 Å². The molecular weight excluding hydrogens is 404 g/mol. The molecule has 0 bridgehead atoms. The van der Waals surface area contributed by atoms with Crippen LogP contribution in [0.4, 0.5) is 0 Å². The van der Waals surface area contributed by atoms with Crippen LogP contribution < -0.4 is 10.2 Å². The fourth-order valence-corrected chi connectivity index (χ4v) is 3.51. The van der Waals surface area contributed by atoms with Gasteiger partial charge in [0.2, 0.25) is 5.88 Å². The molecule has 5 rings (SSSR count). The van der Waals surface area contributed by atoms with Gasteiger partial charge in [-0.15, -0.1) is 0 Å². The van der Waals surface area contributed by atoms with Crippen molar-refractivity contribution in [3.05, 3.63) is 95.9 Å². The average molecular weight is 424 g/mol. The minimum absolute atomic E-state index is 0.263. The van der Waals surface area contributed by atoms with Crippen LogP contribution in [0, 0.1) is 6.92 Å². The Balaban J connectivity index is 1.51. The molecule has 3 heterocycles. The van der Waals surface area contributed by atoms with Crippen LogP contribution in [0.1, 0.15) is 16.8 Å². The molecule has 3 aromatic heterocycles. The minimum atomic E-state index is 0.263. The van der Waals surface area contributed by atoms with Crippen LogP contribution in [0.3, 0.4) is 0 Å². The van der Waals surface area contributed by atoms with Gasteiger partial charge >= 0.3 is 0 Å². The lowest BCUT2D eigenvalue weighted by Gasteiger charge is -2.12. The van der Waals surface area contributed by atoms with Crippen LogP contribution in [0.5, 0.6) is 11.6 Å². The van der Waals surface area contributed by atoms with Gasteiger partial charge in [0, 0.05) is 28.9 Å². The van der Waals surface area contributed by atoms with Crippen LogP contribution in [-0.4, -0.2) is 21.0 Å². The Hall–Kier alpha value is -4.23. The fraction of sp³-hybridized carbons (Fsp3) is 0.0800. The summed E-state index contributed by atoms with van der Waals surface area (Å²) in [7, 11) is 0. The molecule has 2 aromatic carbocycles. The Morgan fingerprint density at radius 2 is 1.81 bits per heavy atom. The molecule has 0 amide bonds. The first-order valence-electron chi connectivity index (χ1n) is 10.1. The van der Waals surface area contributed by atoms with Crippen molar-refractivity contribution in [2.75, 3.05) is 0 Å². The number of ether oxygens (including phenoxy) is 1. The zero-order valence-corrected chi connectivity index (χ0v) is 17.3. The summed E-state index contributed by atoms with van der Waals surface area (Å²) in [6, 6.07) is 20.9. The number of aromatic nitrogens is 2. The molecule has 5 aromatic rings. The Morgan fingerprint density at radius 3 is 2.66 bits per heavy atom. The molecule has 0 spiro atoms. The number of pyridine rings is 2. The van der Waals surface area contributed by atoms with E-state index in [4.69, 9.17) is 9.15 Å². The number of amidine groups is 1. The maximum absolute atomic E-state index is 9.76. The number of nitrogens with zero attached hydrogens (tertiary/aromatic N) is 3. The van der Waals surface area contributed by atoms with Gasteiger partial charge in [0.25, 0.3) is 0 Å². The third kappa shape index (κ3) is 3.89. The molecule has 7 nitrogen and oxygen atoms in total. The van der Waals surface area contributed by atoms with Gasteiger partial charge in [-0.3, -0.25) is 20.7 Å². The quantitative estimate of drug-likeness (QED) is 0.223. The predicted molar refractivity (Wildman–Crippen MR) is 122 cm³/mol. The van der Waals surface area contributed by atoms with Crippen LogP contribution in [0.15, 0.2) is 88.5 Å². The maximum atomic E-state index is 9.76. The Bertz CT molecular complexity index is 1430. The predicted octanol–water partition coefficient (Wildman–Crippen LogP) is 5.40. The number of hydrogen-bond donors (Lipinski definition) is 2. The zero-order valence-electron chi connectivity index (χ0n) is 17.3. The van der Waals surface area contributed by atoms with Crippen LogP contribution in [-0.2, 0) is 6.54 Å². The number of benzene rings is 2. The van der Waals surface area contributed by atoms with Gasteiger partial charge in [0.1, 0.15) is 16.9 Å². The third-order valence-corrected chi connectivity index (χ3v) is 5.09. The summed E-state index contributed by atoms with van der Waals surface area (Å²) in [5, 5.41) is 11.7. The Kier molecular flexibility index (Phi) is 5.23. The lowest BCUT2D eigenvalue weighted by molar-refractivity contribution is 0.234. The van der Waals surface area contributed by atoms with Gasteiger partial charge in [-0.25, -0.2) is 4.98 Å². The van der Waals surface area contributed by atoms with Gasteiger partial charge in [-0.1, -0.05) is 18.2 Å². The molecule has 7 heteroatoms. The van der Waals surface area contributed by atoms with Crippen molar-refractivity contribution in [2.45, 2.75) is 13.5 Å². The summed E-state index contributed by atoms with van der Waals surface area (Å²) in [6.07, 6.45) is 3.41. The smallest absolute Gasteiger partial charge is 0.230 e. The molecule has 0 radical (unpaired) electrons. The number of nitrogens with one attached hydrogen (secondary N) is 1. The molecule has 0 saturated carbocycles. The number of aryl methyl sites for hydroxylation is 1. The molecule has 0 fully saturated rings. The van der Waals surface area contributed by atoms with E-state index in [-0.39, 0.29) is 5.84 Å². The molecule has 158 valence electrons. The van der Waals surface area contributed by atoms with Gasteiger partial charge < -0.3 is 9.15 Å². The highest BCUT2D eigenvalue weighted by Gasteiger charge is 2.15. The molecule has 0 aliphatic rings. The maximum Gasteiger partial charge on any atom is 0.230 e. The number of rotatable bonds is 5. The number of furan rings is 1. The Labute approximate surface area is 184 Å². The van der Waals surface area contributed by atoms with E-state index < -0.39 is 0 Å². The van der Waals surface area contributed by atoms with Gasteiger partial charge in [0.05, 0.1) is 12.1 Å². The van der Waals surface area contributed by atoms with E-state index in [2.05, 4.69) is 20.4 Å². The Morgan fingerprint density at radius 1 is 1.00 bits per heavy atom. The van der Waals surface area contributed by atoms with E-state index >= 15 is 0 Å². The second kappa shape index (κ2) is 8.49. The second-order valence-corrected chi connectivity index (χ2v) is 7.30. The molecule has 0 saturated heterocycles. The average Bonchev–Trinajstić information content (AvgIpc) is 3.19. The topological polar surface area (TPSA) is 92.8 Å². The van der Waals surface area contributed by atoms with Crippen LogP contribution in [0.25, 0.3) is 21.9 Å². The highest BCUT2D eigenvalue weighted by atomic mass is 16.5. The normalized spacial score (nSPS) is 11.8. The third-order valence-electron chi connectivity index (χ3n) is 5.09. The summed E-state index contributed by atoms with van der Waals surface area (Å²) in [6.45, 7) is 2.25. The van der Waals surface area contributed by atoms with Gasteiger partial charge in [-0.05, 0) is 61.0 Å². The molecule has 0 unspecified atom stereocenters. The summed E-state index contributed by atoms with van der Waals surface area (Å²) in [5.74, 6) is 1.21. The highest BCUT2D eigenvalue weighted by molar-refractivity contribution is 6.05. The number of para-hydroxylation sites is 1. The lowest BCUT2D eigenvalue weighted by atomic mass is 10.1. The molecule has 0 aliphatic heterocycles. The first-order valence-corrected chi connectivity index (χ1v) is 10.1. The number of aliphatic imine (C=N–C) groups is 1. The van der Waals surface area contributed by atoms with Crippen LogP contribution >= 0.6 is 0 Å². The summed E-state index contributed by atoms with van der Waals surface area (Å²) >= 11 is 0. The van der Waals surface area contributed by atoms with Gasteiger partial charge in [-0.2, -0.15) is 0 Å². The SMILES string of the molecule is Cc1ccc(C(=NCc2ccncc2)NO)c(Oc2ccc3oc4ccccc4c3c2)n1. The zero-order chi connectivity index (χ0) is 21.9. The highest BCUT2D eigenvalue weighted by Crippen LogP contribution is 2.33. The first-order chi connectivity index (χ1) is 15.7. The van der Waals surface area contributed by atoms with Crippen molar-refractivity contribution < 1.29 is 14.4 Å². The van der Waals surface area contributed by atoms with E-state index in [1.807, 2.05) is 73.7 Å². The van der Waals surface area contributed by atoms with E-state index in [9.17, 15) is 5.21 Å². The van der Waals surface area contributed by atoms with Crippen molar-refractivity contribution in [2.24, 2.45) is 4.99 Å². The van der Waals surface area contributed by atoms with E-state index in [1.54, 1.807) is 12.4 Å². The summed E-state index contributed by atoms with van der Waals surface area (Å²) < 4.78 is 12.0. The molecular formula is C25H20N4O3. The van der Waals surface area contributed by atoms with Crippen molar-refractivity contribution in [1.29, 1.82) is 0 Å². The number of fused-ring (bicyclic) bond motifs is 3. The van der Waals surface area contributed by atoms with E-state index in [0.29, 0.717) is 23.7 Å². The van der Waals surface area contributed by atoms with Gasteiger partial charge in [0.15, 0.2) is 5.84 Å². The summed E-state index contributed by atoms with van der Waals surface area (Å²) in [5.41, 5.74) is 6.08. The molecule has 32 heavy (non-hydrogen) atoms. The van der Waals surface area contributed by atoms with Crippen molar-refractivity contribution >= 4 is 27.8 Å². The molecule has 0 atom stereocenters. The molecule has 0 aliphatic carbocycles. The van der Waals surface area contributed by atoms with Crippen molar-refractivity contribution in [3.63, 3.8) is 0 Å². The van der Waals surface area contributed by atoms with Crippen molar-refractivity contribution in [1.82, 2.24) is 15.4 Å². The summed E-state index contributed by atoms with van der Waals surface area (Å²) in [4.78, 5) is 13.0. The monoisotopic (exact) mass is 424 g/mol. The molecule has 2 N–H and O–H groups in total. The lowest BCUT2D eigenvalue weighted by Crippen LogP contribution is -2.21. The first kappa shape index (κ1) is 19.7. The van der Waals surface area contributed by atoms with Crippen molar-refractivity contribution in [3.8, 4) is 11.6 Å². The fourth-order valence-electron chi connectivity index (χ4n) is 3.51. The number of hydrogen-bond acceptors (Lipinski definition) is 6.